The predicted molar refractivity (Wildman–Crippen MR) is 106 cm³/mol. The lowest BCUT2D eigenvalue weighted by atomic mass is 9.92. The van der Waals surface area contributed by atoms with E-state index in [4.69, 9.17) is 0 Å². The molecular weight excluding hydrogens is 413 g/mol. The van der Waals surface area contributed by atoms with Crippen LogP contribution in [0.15, 0.2) is 47.4 Å². The molecule has 1 N–H and O–H groups in total. The Hall–Kier alpha value is -1.18. The zero-order valence-corrected chi connectivity index (χ0v) is 16.4. The van der Waals surface area contributed by atoms with Crippen molar-refractivity contribution in [1.29, 1.82) is 0 Å². The highest BCUT2D eigenvalue weighted by atomic mass is 127. The van der Waals surface area contributed by atoms with Gasteiger partial charge in [0, 0.05) is 61.3 Å². The fourth-order valence-corrected chi connectivity index (χ4v) is 4.09. The van der Waals surface area contributed by atoms with Crippen molar-refractivity contribution in [2.45, 2.75) is 32.4 Å². The number of piperazine rings is 1. The Labute approximate surface area is 157 Å². The normalized spacial score (nSPS) is 19.8. The second-order valence-corrected chi connectivity index (χ2v) is 7.96. The van der Waals surface area contributed by atoms with Crippen LogP contribution in [0.4, 0.5) is 0 Å². The molecule has 0 spiro atoms. The third-order valence-corrected chi connectivity index (χ3v) is 5.78. The van der Waals surface area contributed by atoms with E-state index in [0.29, 0.717) is 12.0 Å². The van der Waals surface area contributed by atoms with Gasteiger partial charge >= 0.3 is 0 Å². The van der Waals surface area contributed by atoms with Gasteiger partial charge in [-0.15, -0.1) is 0 Å². The molecule has 1 aromatic heterocycles. The van der Waals surface area contributed by atoms with Crippen molar-refractivity contribution in [2.24, 2.45) is 0 Å². The zero-order valence-electron chi connectivity index (χ0n) is 14.2. The summed E-state index contributed by atoms with van der Waals surface area (Å²) in [5.74, 6) is 0.522. The van der Waals surface area contributed by atoms with Gasteiger partial charge in [0.25, 0.3) is 0 Å². The molecule has 1 saturated heterocycles. The molecule has 24 heavy (non-hydrogen) atoms. The predicted octanol–water partition coefficient (Wildman–Crippen LogP) is 3.71. The Bertz CT molecular complexity index is 743. The van der Waals surface area contributed by atoms with Gasteiger partial charge in [-0.1, -0.05) is 38.1 Å². The van der Waals surface area contributed by atoms with Crippen molar-refractivity contribution in [3.8, 4) is 0 Å². The zero-order chi connectivity index (χ0) is 17.1. The van der Waals surface area contributed by atoms with Gasteiger partial charge in [-0.3, -0.25) is 9.69 Å². The van der Waals surface area contributed by atoms with Gasteiger partial charge < -0.3 is 4.98 Å². The van der Waals surface area contributed by atoms with E-state index in [1.54, 1.807) is 12.3 Å². The van der Waals surface area contributed by atoms with E-state index >= 15 is 0 Å². The first kappa shape index (κ1) is 17.6. The molecule has 1 aromatic carbocycles. The molecule has 0 radical (unpaired) electrons. The third kappa shape index (κ3) is 4.07. The Morgan fingerprint density at radius 2 is 2.04 bits per heavy atom. The molecule has 1 unspecified atom stereocenters. The molecule has 1 fully saturated rings. The van der Waals surface area contributed by atoms with E-state index in [2.05, 4.69) is 74.0 Å². The van der Waals surface area contributed by atoms with Crippen LogP contribution in [-0.2, 0) is 6.54 Å². The Balaban J connectivity index is 1.80. The summed E-state index contributed by atoms with van der Waals surface area (Å²) in [7, 11) is 0. The maximum Gasteiger partial charge on any atom is 0.248 e. The lowest BCUT2D eigenvalue weighted by molar-refractivity contribution is 0.148. The average Bonchev–Trinajstić information content (AvgIpc) is 2.56. The summed E-state index contributed by atoms with van der Waals surface area (Å²) >= 11 is 2.46. The van der Waals surface area contributed by atoms with Gasteiger partial charge in [-0.05, 0) is 28.7 Å². The molecule has 0 bridgehead atoms. The van der Waals surface area contributed by atoms with E-state index in [9.17, 15) is 4.79 Å². The van der Waals surface area contributed by atoms with E-state index in [0.717, 1.165) is 31.7 Å². The van der Waals surface area contributed by atoms with Crippen molar-refractivity contribution < 1.29 is 0 Å². The quantitative estimate of drug-likeness (QED) is 0.586. The number of hydrogen-bond acceptors (Lipinski definition) is 3. The molecule has 4 nitrogen and oxygen atoms in total. The summed E-state index contributed by atoms with van der Waals surface area (Å²) in [6.07, 6.45) is 1.73. The van der Waals surface area contributed by atoms with Gasteiger partial charge in [0.05, 0.1) is 6.04 Å². The number of pyridine rings is 1. The monoisotopic (exact) mass is 437 g/mol. The minimum atomic E-state index is -0.0262. The Morgan fingerprint density at radius 3 is 2.79 bits per heavy atom. The van der Waals surface area contributed by atoms with Gasteiger partial charge in [-0.25, -0.2) is 3.11 Å². The van der Waals surface area contributed by atoms with Gasteiger partial charge in [0.2, 0.25) is 5.56 Å². The molecule has 0 aliphatic carbocycles. The number of rotatable bonds is 4. The molecule has 1 aliphatic rings. The van der Waals surface area contributed by atoms with Crippen LogP contribution in [0.2, 0.25) is 0 Å². The van der Waals surface area contributed by atoms with Crippen molar-refractivity contribution >= 4 is 22.9 Å². The molecule has 1 atom stereocenters. The minimum Gasteiger partial charge on any atom is -0.329 e. The topological polar surface area (TPSA) is 39.3 Å². The molecule has 0 saturated carbocycles. The summed E-state index contributed by atoms with van der Waals surface area (Å²) in [4.78, 5) is 16.6. The van der Waals surface area contributed by atoms with Crippen LogP contribution >= 0.6 is 22.9 Å². The SMILES string of the molecule is CC(C)c1ccccc1C1CN(Cc2cc[nH]c(=O)c2)CCN1I. The van der Waals surface area contributed by atoms with Crippen LogP contribution in [0.3, 0.4) is 0 Å². The average molecular weight is 437 g/mol. The second kappa shape index (κ2) is 7.80. The lowest BCUT2D eigenvalue weighted by Gasteiger charge is -2.39. The van der Waals surface area contributed by atoms with Crippen LogP contribution < -0.4 is 5.56 Å². The van der Waals surface area contributed by atoms with E-state index < -0.39 is 0 Å². The van der Waals surface area contributed by atoms with Gasteiger partial charge in [0.1, 0.15) is 0 Å². The minimum absolute atomic E-state index is 0.0262. The first-order valence-corrected chi connectivity index (χ1v) is 9.42. The molecule has 3 rings (SSSR count). The molecule has 2 heterocycles. The first-order chi connectivity index (χ1) is 11.5. The van der Waals surface area contributed by atoms with Crippen LogP contribution in [0.25, 0.3) is 0 Å². The van der Waals surface area contributed by atoms with Crippen LogP contribution in [0.5, 0.6) is 0 Å². The summed E-state index contributed by atoms with van der Waals surface area (Å²) in [5.41, 5.74) is 3.91. The fraction of sp³-hybridized carbons (Fsp3) is 0.421. The summed E-state index contributed by atoms with van der Waals surface area (Å²) in [6, 6.07) is 12.9. The largest absolute Gasteiger partial charge is 0.329 e. The number of halogens is 1. The van der Waals surface area contributed by atoms with Gasteiger partial charge in [0.15, 0.2) is 0 Å². The second-order valence-electron chi connectivity index (χ2n) is 6.72. The Kier molecular flexibility index (Phi) is 5.73. The smallest absolute Gasteiger partial charge is 0.248 e. The summed E-state index contributed by atoms with van der Waals surface area (Å²) in [5, 5.41) is 0. The molecule has 128 valence electrons. The Morgan fingerprint density at radius 1 is 1.25 bits per heavy atom. The highest BCUT2D eigenvalue weighted by molar-refractivity contribution is 14.1. The number of hydrogen-bond donors (Lipinski definition) is 1. The highest BCUT2D eigenvalue weighted by Crippen LogP contribution is 2.33. The number of aromatic nitrogens is 1. The molecule has 1 aliphatic heterocycles. The number of H-pyrrole nitrogens is 1. The maximum absolute atomic E-state index is 11.5. The molecule has 5 heteroatoms. The fourth-order valence-electron chi connectivity index (χ4n) is 3.40. The number of aromatic amines is 1. The van der Waals surface area contributed by atoms with E-state index in [1.165, 1.54) is 11.1 Å². The van der Waals surface area contributed by atoms with Crippen molar-refractivity contribution in [2.75, 3.05) is 19.6 Å². The highest BCUT2D eigenvalue weighted by Gasteiger charge is 2.28. The molecular formula is C19H24IN3O. The van der Waals surface area contributed by atoms with Crippen molar-refractivity contribution in [3.63, 3.8) is 0 Å². The van der Waals surface area contributed by atoms with Crippen molar-refractivity contribution in [3.05, 3.63) is 69.6 Å². The van der Waals surface area contributed by atoms with E-state index in [1.807, 2.05) is 6.07 Å². The van der Waals surface area contributed by atoms with Gasteiger partial charge in [-0.2, -0.15) is 0 Å². The number of benzene rings is 1. The standard InChI is InChI=1S/C19H24IN3O/c1-14(2)16-5-3-4-6-17(16)18-13-22(9-10-23(18)20)12-15-7-8-21-19(24)11-15/h3-8,11,14,18H,9-10,12-13H2,1-2H3,(H,21,24). The van der Waals surface area contributed by atoms with Crippen LogP contribution in [-0.4, -0.2) is 32.6 Å². The van der Waals surface area contributed by atoms with Crippen LogP contribution in [0, 0.1) is 0 Å². The lowest BCUT2D eigenvalue weighted by Crippen LogP contribution is -2.44. The summed E-state index contributed by atoms with van der Waals surface area (Å²) in [6.45, 7) is 8.38. The first-order valence-electron chi connectivity index (χ1n) is 8.46. The summed E-state index contributed by atoms with van der Waals surface area (Å²) < 4.78 is 2.42. The molecule has 0 amide bonds. The van der Waals surface area contributed by atoms with Crippen LogP contribution in [0.1, 0.15) is 42.5 Å². The van der Waals surface area contributed by atoms with E-state index in [-0.39, 0.29) is 5.56 Å². The number of nitrogens with one attached hydrogen (secondary N) is 1. The van der Waals surface area contributed by atoms with Crippen molar-refractivity contribution in [1.82, 2.24) is 13.0 Å². The maximum atomic E-state index is 11.5. The third-order valence-electron chi connectivity index (χ3n) is 4.62. The molecule has 2 aromatic rings. The number of nitrogens with zero attached hydrogens (tertiary/aromatic N) is 2.